The number of nitrogens with zero attached hydrogens (tertiary/aromatic N) is 2. The number of benzene rings is 1. The van der Waals surface area contributed by atoms with Crippen LogP contribution in [-0.4, -0.2) is 108 Å². The average molecular weight is 809 g/mol. The zero-order chi connectivity index (χ0) is 44.5. The lowest BCUT2D eigenvalue weighted by atomic mass is 9.76. The second-order valence-electron chi connectivity index (χ2n) is 18.3. The van der Waals surface area contributed by atoms with Crippen molar-refractivity contribution >= 4 is 41.4 Å². The molecule has 1 aromatic carbocycles. The molecule has 0 aromatic heterocycles. The number of carbonyl (C=O) groups excluding carboxylic acids is 7. The molecule has 6 amide bonds. The fourth-order valence-electron chi connectivity index (χ4n) is 6.86. The van der Waals surface area contributed by atoms with Crippen LogP contribution in [0.4, 0.5) is 0 Å². The average Bonchev–Trinajstić information content (AvgIpc) is 3.41. The summed E-state index contributed by atoms with van der Waals surface area (Å²) >= 11 is 0. The van der Waals surface area contributed by atoms with E-state index in [1.165, 1.54) is 4.90 Å². The molecule has 0 fully saturated rings. The van der Waals surface area contributed by atoms with Gasteiger partial charge in [-0.1, -0.05) is 83.9 Å². The summed E-state index contributed by atoms with van der Waals surface area (Å²) in [6.07, 6.45) is 3.73. The van der Waals surface area contributed by atoms with Gasteiger partial charge in [0.25, 0.3) is 11.8 Å². The van der Waals surface area contributed by atoms with Crippen molar-refractivity contribution in [1.29, 1.82) is 0 Å². The van der Waals surface area contributed by atoms with Gasteiger partial charge in [0.15, 0.2) is 0 Å². The van der Waals surface area contributed by atoms with Crippen molar-refractivity contribution in [3.63, 3.8) is 0 Å². The van der Waals surface area contributed by atoms with Crippen LogP contribution in [0, 0.1) is 25.2 Å². The minimum Gasteiger partial charge on any atom is -0.458 e. The molecule has 0 spiro atoms. The molecule has 1 aliphatic rings. The Morgan fingerprint density at radius 1 is 0.862 bits per heavy atom. The third-order valence-electron chi connectivity index (χ3n) is 10.1. The van der Waals surface area contributed by atoms with Gasteiger partial charge in [-0.05, 0) is 71.9 Å². The smallest absolute Gasteiger partial charge is 0.329 e. The molecule has 1 aromatic rings. The Labute approximate surface area is 345 Å². The maximum atomic E-state index is 14.4. The molecule has 58 heavy (non-hydrogen) atoms. The molecule has 0 saturated heterocycles. The molecule has 0 saturated carbocycles. The molecule has 14 nitrogen and oxygen atoms in total. The summed E-state index contributed by atoms with van der Waals surface area (Å²) in [6, 6.07) is 2.87. The Morgan fingerprint density at radius 3 is 1.90 bits per heavy atom. The predicted octanol–water partition coefficient (Wildman–Crippen LogP) is 3.78. The van der Waals surface area contributed by atoms with Crippen LogP contribution in [0.1, 0.15) is 106 Å². The van der Waals surface area contributed by atoms with Gasteiger partial charge in [-0.3, -0.25) is 33.7 Å². The third-order valence-corrected chi connectivity index (χ3v) is 10.1. The molecular weight excluding hydrogens is 741 g/mol. The topological polar surface area (TPSA) is 183 Å². The van der Waals surface area contributed by atoms with Gasteiger partial charge in [-0.2, -0.15) is 0 Å². The molecule has 0 unspecified atom stereocenters. The standard InChI is InChI=1S/C44H68N6O8/c1-26(2)32(49(15)40(56)37(42(6,7)8)48-39(55)36(45-14)44(12,13)30-23-27(3)22-28(4)24-30)25-29(5)38(54)47-31(41(57)58-43(9,10)11)16-17-33(51)46-20-21-50-34(52)18-19-35(50)53/h18-19,22-26,31-32,36-37,45H,16-17,20-21H2,1-15H3,(H,46,51)(H,47,54)(H,48,55)/b29-25+/t31-,32-,36-,37-/m1/s1. The zero-order valence-corrected chi connectivity index (χ0v) is 37.3. The number of hydrogen-bond donors (Lipinski definition) is 4. The largest absolute Gasteiger partial charge is 0.458 e. The van der Waals surface area contributed by atoms with Crippen LogP contribution in [0.3, 0.4) is 0 Å². The molecule has 4 N–H and O–H groups in total. The molecule has 2 rings (SSSR count). The van der Waals surface area contributed by atoms with Crippen LogP contribution in [0.25, 0.3) is 0 Å². The van der Waals surface area contributed by atoms with Crippen LogP contribution in [0.2, 0.25) is 0 Å². The van der Waals surface area contributed by atoms with Crippen molar-refractivity contribution in [2.45, 2.75) is 138 Å². The third kappa shape index (κ3) is 13.9. The molecule has 322 valence electrons. The Morgan fingerprint density at radius 2 is 1.41 bits per heavy atom. The van der Waals surface area contributed by atoms with Gasteiger partial charge in [0.1, 0.15) is 17.7 Å². The lowest BCUT2D eigenvalue weighted by molar-refractivity contribution is -0.158. The number of amides is 6. The first-order chi connectivity index (χ1) is 26.6. The van der Waals surface area contributed by atoms with E-state index in [1.807, 2.05) is 62.3 Å². The van der Waals surface area contributed by atoms with Gasteiger partial charge in [0, 0.05) is 49.7 Å². The van der Waals surface area contributed by atoms with E-state index in [-0.39, 0.29) is 49.2 Å². The molecule has 1 aliphatic heterocycles. The summed E-state index contributed by atoms with van der Waals surface area (Å²) in [5.41, 5.74) is 1.21. The number of esters is 1. The zero-order valence-electron chi connectivity index (χ0n) is 37.3. The summed E-state index contributed by atoms with van der Waals surface area (Å²) in [4.78, 5) is 94.2. The summed E-state index contributed by atoms with van der Waals surface area (Å²) < 4.78 is 5.56. The van der Waals surface area contributed by atoms with E-state index in [4.69, 9.17) is 4.74 Å². The highest BCUT2D eigenvalue weighted by Gasteiger charge is 2.42. The maximum Gasteiger partial charge on any atom is 0.329 e. The Hall–Kier alpha value is -4.85. The van der Waals surface area contributed by atoms with E-state index >= 15 is 0 Å². The Balaban J connectivity index is 2.27. The van der Waals surface area contributed by atoms with Crippen molar-refractivity contribution < 1.29 is 38.3 Å². The van der Waals surface area contributed by atoms with E-state index in [0.29, 0.717) is 0 Å². The minimum absolute atomic E-state index is 0.00809. The van der Waals surface area contributed by atoms with Crippen molar-refractivity contribution in [3.8, 4) is 0 Å². The maximum absolute atomic E-state index is 14.4. The highest BCUT2D eigenvalue weighted by Crippen LogP contribution is 2.30. The SMILES string of the molecule is CN[C@H](C(=O)N[C@H](C(=O)N(C)[C@H](/C=C(\C)C(=O)N[C@H](CCC(=O)NCCN1C(=O)C=CC1=O)C(=O)OC(C)(C)C)C(C)C)C(C)(C)C)C(C)(C)c1cc(C)cc(C)c1. The summed E-state index contributed by atoms with van der Waals surface area (Å²) in [6.45, 7) is 24.2. The van der Waals surface area contributed by atoms with Crippen LogP contribution in [-0.2, 0) is 43.7 Å². The van der Waals surface area contributed by atoms with E-state index in [2.05, 4.69) is 39.5 Å². The van der Waals surface area contributed by atoms with Crippen LogP contribution < -0.4 is 21.3 Å². The van der Waals surface area contributed by atoms with Crippen LogP contribution in [0.15, 0.2) is 42.0 Å². The second kappa shape index (κ2) is 20.2. The molecule has 0 aliphatic carbocycles. The number of rotatable bonds is 18. The van der Waals surface area contributed by atoms with Gasteiger partial charge in [0.2, 0.25) is 23.6 Å². The second-order valence-corrected chi connectivity index (χ2v) is 18.3. The lowest BCUT2D eigenvalue weighted by Crippen LogP contribution is -2.61. The van der Waals surface area contributed by atoms with Crippen molar-refractivity contribution in [2.75, 3.05) is 27.2 Å². The van der Waals surface area contributed by atoms with Gasteiger partial charge in [0.05, 0.1) is 12.1 Å². The lowest BCUT2D eigenvalue weighted by Gasteiger charge is -2.40. The quantitative estimate of drug-likeness (QED) is 0.0975. The Kier molecular flexibility index (Phi) is 17.2. The first-order valence-corrected chi connectivity index (χ1v) is 20.0. The summed E-state index contributed by atoms with van der Waals surface area (Å²) in [7, 11) is 3.37. The van der Waals surface area contributed by atoms with E-state index in [0.717, 1.165) is 33.7 Å². The van der Waals surface area contributed by atoms with Gasteiger partial charge >= 0.3 is 5.97 Å². The number of aryl methyl sites for hydroxylation is 2. The highest BCUT2D eigenvalue weighted by atomic mass is 16.6. The number of nitrogens with one attached hydrogen (secondary N) is 4. The fraction of sp³-hybridized carbons (Fsp3) is 0.614. The van der Waals surface area contributed by atoms with Crippen LogP contribution in [0.5, 0.6) is 0 Å². The van der Waals surface area contributed by atoms with Gasteiger partial charge in [-0.25, -0.2) is 4.79 Å². The first-order valence-electron chi connectivity index (χ1n) is 20.0. The number of ether oxygens (including phenoxy) is 1. The highest BCUT2D eigenvalue weighted by molar-refractivity contribution is 6.12. The normalized spacial score (nSPS) is 15.8. The molecule has 0 radical (unpaired) electrons. The van der Waals surface area contributed by atoms with E-state index in [9.17, 15) is 33.6 Å². The Bertz CT molecular complexity index is 1730. The molecule has 14 heteroatoms. The molecule has 0 bridgehead atoms. The number of hydrogen-bond acceptors (Lipinski definition) is 9. The molecular formula is C44H68N6O8. The molecule has 4 atom stereocenters. The van der Waals surface area contributed by atoms with Crippen molar-refractivity contribution in [1.82, 2.24) is 31.1 Å². The first kappa shape index (κ1) is 49.3. The predicted molar refractivity (Wildman–Crippen MR) is 224 cm³/mol. The van der Waals surface area contributed by atoms with Gasteiger partial charge in [-0.15, -0.1) is 0 Å². The monoisotopic (exact) mass is 809 g/mol. The van der Waals surface area contributed by atoms with Crippen molar-refractivity contribution in [2.24, 2.45) is 11.3 Å². The summed E-state index contributed by atoms with van der Waals surface area (Å²) in [5, 5.41) is 11.6. The number of likely N-dealkylation sites (N-methyl/N-ethyl adjacent to an activating group) is 2. The summed E-state index contributed by atoms with van der Waals surface area (Å²) in [5.74, 6) is -3.50. The van der Waals surface area contributed by atoms with E-state index in [1.54, 1.807) is 47.9 Å². The van der Waals surface area contributed by atoms with E-state index < -0.39 is 70.2 Å². The van der Waals surface area contributed by atoms with Gasteiger partial charge < -0.3 is 30.9 Å². The number of carbonyl (C=O) groups is 7. The minimum atomic E-state index is -1.18. The fourth-order valence-corrected chi connectivity index (χ4v) is 6.86. The van der Waals surface area contributed by atoms with Crippen LogP contribution >= 0.6 is 0 Å². The van der Waals surface area contributed by atoms with Crippen molar-refractivity contribution in [3.05, 3.63) is 58.7 Å². The number of imide groups is 1. The molecule has 1 heterocycles.